The number of alkyl halides is 1. The zero-order valence-electron chi connectivity index (χ0n) is 30.7. The fourth-order valence-electron chi connectivity index (χ4n) is 3.91. The van der Waals surface area contributed by atoms with Gasteiger partial charge in [0, 0.05) is 44.9 Å². The molecule has 5 aromatic rings. The molecule has 1 unspecified atom stereocenters. The molecule has 55 heavy (non-hydrogen) atoms. The van der Waals surface area contributed by atoms with E-state index in [2.05, 4.69) is 35.9 Å². The molecule has 0 amide bonds. The molecule has 5 aromatic heterocycles. The molecule has 7 rings (SSSR count). The van der Waals surface area contributed by atoms with Crippen LogP contribution in [-0.2, 0) is 19.2 Å². The van der Waals surface area contributed by atoms with Gasteiger partial charge in [-0.1, -0.05) is 40.2 Å². The molecule has 5 N–H and O–H groups in total. The quantitative estimate of drug-likeness (QED) is 0.0628. The van der Waals surface area contributed by atoms with Crippen molar-refractivity contribution in [2.45, 2.75) is 26.5 Å². The van der Waals surface area contributed by atoms with Crippen LogP contribution >= 0.6 is 32.9 Å². The molecule has 0 saturated carbocycles. The average molecular weight is 871 g/mol. The molecular formula is C35H37Br2Li2N8O8-. The number of nitrogen functional groups attached to an aromatic ring is 1. The number of pyridine rings is 3. The maximum Gasteiger partial charge on any atom is 1.00 e. The summed E-state index contributed by atoms with van der Waals surface area (Å²) in [6.07, 6.45) is 17.7. The van der Waals surface area contributed by atoms with E-state index in [1.807, 2.05) is 77.5 Å². The van der Waals surface area contributed by atoms with Gasteiger partial charge in [0.15, 0.2) is 17.3 Å². The molecule has 2 aliphatic heterocycles. The van der Waals surface area contributed by atoms with Gasteiger partial charge in [0.25, 0.3) is 0 Å². The van der Waals surface area contributed by atoms with E-state index in [0.29, 0.717) is 23.0 Å². The van der Waals surface area contributed by atoms with E-state index in [0.717, 1.165) is 11.3 Å². The predicted molar refractivity (Wildman–Crippen MR) is 206 cm³/mol. The van der Waals surface area contributed by atoms with Gasteiger partial charge >= 0.3 is 37.7 Å². The molecule has 7 heterocycles. The standard InChI is InChI=1S/C9H10N2O2.C9H8N2O.C8H5N2O.C5H6N2.C4H5BrO2.BrH.2Li.2H2O/c1-7(12)9(13)6-11-5-3-2-4-8(11)10-9;1-7(12)8-6-11-5-3-2-4-9(11)10-8;11-6-7-5-10-4-2-1-3-8(10)9-7;6-5-3-1-2-4-7-5;1-3(6)4(7)2-5;;;;;/h2-5,13H,6H2,1H3;2-6H,1H3;1-5H;1-4H,(H2,6,7);2H2,1H3;1H;;;2*1H2/q;;-1;;;;2*+1;;/p-2. The van der Waals surface area contributed by atoms with Crippen molar-refractivity contribution in [2.75, 3.05) is 17.6 Å². The van der Waals surface area contributed by atoms with Crippen LogP contribution in [0, 0.1) is 0 Å². The third-order valence-corrected chi connectivity index (χ3v) is 7.08. The molecule has 20 heteroatoms. The van der Waals surface area contributed by atoms with Crippen LogP contribution in [0.1, 0.15) is 37.0 Å². The molecule has 0 aromatic carbocycles. The number of imidazole rings is 2. The van der Waals surface area contributed by atoms with Crippen LogP contribution in [0.4, 0.5) is 5.82 Å². The number of amidine groups is 1. The summed E-state index contributed by atoms with van der Waals surface area (Å²) in [5.41, 5.74) is 6.14. The second kappa shape index (κ2) is 27.3. The molecule has 0 bridgehead atoms. The number of carbonyl (C=O) groups is 4. The molecule has 1 atom stereocenters. The topological polar surface area (TPSA) is 255 Å². The molecule has 0 saturated heterocycles. The second-order valence-electron chi connectivity index (χ2n) is 10.4. The number of fused-ring (bicyclic) bond motifs is 3. The summed E-state index contributed by atoms with van der Waals surface area (Å²) in [5, 5.41) is 9.89. The van der Waals surface area contributed by atoms with Crippen molar-refractivity contribution < 1.29 is 77.8 Å². The van der Waals surface area contributed by atoms with E-state index < -0.39 is 11.5 Å². The van der Waals surface area contributed by atoms with E-state index in [1.54, 1.807) is 52.5 Å². The van der Waals surface area contributed by atoms with Gasteiger partial charge in [-0.05, 0) is 67.4 Å². The zero-order valence-corrected chi connectivity index (χ0v) is 34.0. The van der Waals surface area contributed by atoms with Crippen LogP contribution in [-0.4, -0.2) is 97.6 Å². The zero-order chi connectivity index (χ0) is 36.7. The summed E-state index contributed by atoms with van der Waals surface area (Å²) in [6.45, 7) is 4.33. The number of aliphatic imine (C=N–C) groups is 1. The Morgan fingerprint density at radius 3 is 1.87 bits per heavy atom. The summed E-state index contributed by atoms with van der Waals surface area (Å²) in [6, 6.07) is 16.7. The fourth-order valence-corrected chi connectivity index (χ4v) is 4.31. The number of nitrogens with two attached hydrogens (primary N) is 1. The maximum atomic E-state index is 11.1. The van der Waals surface area contributed by atoms with Gasteiger partial charge in [-0.2, -0.15) is 0 Å². The summed E-state index contributed by atoms with van der Waals surface area (Å²) in [7, 11) is 0. The Bertz CT molecular complexity index is 2010. The number of nitrogens with zero attached hydrogens (tertiary/aromatic N) is 7. The van der Waals surface area contributed by atoms with Crippen molar-refractivity contribution in [1.29, 1.82) is 0 Å². The Kier molecular flexibility index (Phi) is 27.3. The van der Waals surface area contributed by atoms with Crippen molar-refractivity contribution in [1.82, 2.24) is 28.7 Å². The van der Waals surface area contributed by atoms with Gasteiger partial charge in [0.1, 0.15) is 28.6 Å². The Hall–Kier alpha value is -4.34. The first kappa shape index (κ1) is 55.0. The van der Waals surface area contributed by atoms with Crippen LogP contribution in [0.15, 0.2) is 115 Å². The molecular weight excluding hydrogens is 834 g/mol. The molecule has 0 aliphatic carbocycles. The third-order valence-electron chi connectivity index (χ3n) is 6.57. The van der Waals surface area contributed by atoms with E-state index >= 15 is 0 Å². The van der Waals surface area contributed by atoms with Gasteiger partial charge in [-0.15, -0.1) is 23.2 Å². The Labute approximate surface area is 359 Å². The van der Waals surface area contributed by atoms with Crippen LogP contribution in [0.5, 0.6) is 0 Å². The summed E-state index contributed by atoms with van der Waals surface area (Å²) >= 11 is 2.84. The van der Waals surface area contributed by atoms with Crippen molar-refractivity contribution in [2.24, 2.45) is 4.99 Å². The van der Waals surface area contributed by atoms with Crippen LogP contribution in [0.25, 0.3) is 11.3 Å². The molecule has 16 nitrogen and oxygen atoms in total. The van der Waals surface area contributed by atoms with Gasteiger partial charge < -0.3 is 40.3 Å². The number of hydrogen-bond acceptors (Lipinski definition) is 14. The second-order valence-corrected chi connectivity index (χ2v) is 10.9. The molecule has 282 valence electrons. The van der Waals surface area contributed by atoms with Crippen LogP contribution in [0.3, 0.4) is 0 Å². The Balaban J connectivity index is -0.000000613. The van der Waals surface area contributed by atoms with E-state index in [9.17, 15) is 29.1 Å². The number of anilines is 1. The first-order valence-corrected chi connectivity index (χ1v) is 16.0. The number of Topliss-reactive ketones (excluding diaryl/α,β-unsaturated/α-hetero) is 4. The largest absolute Gasteiger partial charge is 1.00 e. The minimum atomic E-state index is -1.55. The normalized spacial score (nSPS) is 13.6. The average Bonchev–Trinajstić information content (AvgIpc) is 3.84. The van der Waals surface area contributed by atoms with Crippen molar-refractivity contribution >= 4 is 85.3 Å². The molecule has 2 aliphatic rings. The smallest absolute Gasteiger partial charge is 0.870 e. The van der Waals surface area contributed by atoms with Gasteiger partial charge in [-0.3, -0.25) is 24.2 Å². The van der Waals surface area contributed by atoms with E-state index in [-0.39, 0.29) is 94.9 Å². The van der Waals surface area contributed by atoms with E-state index in [4.69, 9.17) is 5.73 Å². The summed E-state index contributed by atoms with van der Waals surface area (Å²) < 4.78 is 3.61. The van der Waals surface area contributed by atoms with Gasteiger partial charge in [0.05, 0.1) is 11.9 Å². The van der Waals surface area contributed by atoms with Crippen molar-refractivity contribution in [3.05, 3.63) is 121 Å². The molecule has 0 spiro atoms. The third kappa shape index (κ3) is 17.3. The number of aliphatic hydroxyl groups is 1. The Morgan fingerprint density at radius 1 is 0.891 bits per heavy atom. The number of aromatic nitrogens is 5. The van der Waals surface area contributed by atoms with Gasteiger partial charge in [0.2, 0.25) is 11.5 Å². The number of ketones is 4. The fraction of sp³-hybridized carbons (Fsp3) is 0.171. The van der Waals surface area contributed by atoms with Gasteiger partial charge in [-0.25, -0.2) is 15.0 Å². The number of carbonyl (C=O) groups excluding carboxylic acids is 5. The summed E-state index contributed by atoms with van der Waals surface area (Å²) in [5.74, 6) is 0.120. The SMILES string of the molecule is Br.CC(=O)C(=O)CBr.CC(=O)C1(O)CN2C=CC=CC2=N1.CC(=O)c1cn2ccccc2n1.Nc1ccccn1.O=[C-]c1cn2ccccc2n1.[Li+].[Li+].[OH-].[OH-]. The number of rotatable bonds is 5. The van der Waals surface area contributed by atoms with Crippen molar-refractivity contribution in [3.8, 4) is 0 Å². The van der Waals surface area contributed by atoms with Crippen molar-refractivity contribution in [3.63, 3.8) is 0 Å². The predicted octanol–water partition coefficient (Wildman–Crippen LogP) is -2.17. The number of halogens is 2. The minimum Gasteiger partial charge on any atom is -0.870 e. The Morgan fingerprint density at radius 2 is 1.47 bits per heavy atom. The first-order valence-electron chi connectivity index (χ1n) is 14.8. The van der Waals surface area contributed by atoms with Crippen LogP contribution in [0.2, 0.25) is 0 Å². The molecule has 0 fully saturated rings. The maximum absolute atomic E-state index is 11.1. The number of hydrogen-bond donors (Lipinski definition) is 2. The first-order chi connectivity index (χ1) is 23.9. The minimum absolute atomic E-state index is 0. The molecule has 0 radical (unpaired) electrons. The number of allylic oxidation sites excluding steroid dienone is 2. The van der Waals surface area contributed by atoms with Crippen LogP contribution < -0.4 is 43.5 Å². The van der Waals surface area contributed by atoms with E-state index in [1.165, 1.54) is 20.8 Å². The summed E-state index contributed by atoms with van der Waals surface area (Å²) in [4.78, 5) is 69.9. The monoisotopic (exact) mass is 869 g/mol.